The van der Waals surface area contributed by atoms with Gasteiger partial charge in [0.05, 0.1) is 31.2 Å². The van der Waals surface area contributed by atoms with Gasteiger partial charge in [0.15, 0.2) is 26.2 Å². The molecule has 8 bridgehead atoms. The summed E-state index contributed by atoms with van der Waals surface area (Å²) in [4.78, 5) is 43.6. The standard InChI is InChI=1S/C24H33O2S.C23H31O2S.C17H19O3S.C10H12FOS/c1-16-8-21(27-6-4-3-5-7-27)9-17(2)22(16)26-23(25)24-13-18-10-19(14-24)12-20(11-18)15-24;1-15-7-20(26-5-3-4-6-26)8-16(2)21(15)25-22(24)23-12-17-9-18(13-23)11-19(10-17)14-23;1-19-17(18)12-20-15-8-9-16(21-10-4-5-11-21)14-7-3-2-6-13(14)15;11-9-1-3-10(4-2-9)13-7-5-12-6-8-13/h8-9,18-20H,3-7,10-15H2,1-2H3;7-8,17-19H,3-6,9-14H2,1-2H3;2-3,6-9H,4-5,10-12H2,1H3;1-4H,5-8H2/q4*+1. The first-order valence-electron chi connectivity index (χ1n) is 33.1. The van der Waals surface area contributed by atoms with Crippen LogP contribution in [0.4, 0.5) is 4.39 Å². The molecule has 0 atom stereocenters. The van der Waals surface area contributed by atoms with Crippen LogP contribution in [0.5, 0.6) is 17.2 Å². The summed E-state index contributed by atoms with van der Waals surface area (Å²) in [7, 11) is 2.85. The summed E-state index contributed by atoms with van der Waals surface area (Å²) in [6.07, 6.45) is 24.2. The molecule has 466 valence electrons. The molecule has 4 heterocycles. The fourth-order valence-electron chi connectivity index (χ4n) is 17.6. The van der Waals surface area contributed by atoms with E-state index in [1.165, 1.54) is 162 Å². The maximum Gasteiger partial charge on any atom is 0.343 e. The lowest BCUT2D eigenvalue weighted by atomic mass is 9.49. The van der Waals surface area contributed by atoms with Gasteiger partial charge in [0, 0.05) is 54.4 Å². The van der Waals surface area contributed by atoms with Crippen molar-refractivity contribution >= 4 is 72.3 Å². The lowest BCUT2D eigenvalue weighted by Gasteiger charge is -2.55. The molecule has 8 aliphatic carbocycles. The van der Waals surface area contributed by atoms with Crippen LogP contribution < -0.4 is 14.2 Å². The van der Waals surface area contributed by atoms with Gasteiger partial charge in [-0.3, -0.25) is 9.59 Å². The topological polar surface area (TPSA) is 97.4 Å². The second-order valence-electron chi connectivity index (χ2n) is 27.6. The minimum Gasteiger partial charge on any atom is -0.481 e. The molecule has 0 spiro atoms. The van der Waals surface area contributed by atoms with E-state index in [1.54, 1.807) is 0 Å². The van der Waals surface area contributed by atoms with Gasteiger partial charge >= 0.3 is 17.9 Å². The van der Waals surface area contributed by atoms with Crippen molar-refractivity contribution in [2.45, 2.75) is 169 Å². The summed E-state index contributed by atoms with van der Waals surface area (Å²) in [5.41, 5.74) is 4.27. The Hall–Kier alpha value is -4.14. The van der Waals surface area contributed by atoms with E-state index in [-0.39, 0.29) is 41.2 Å². The largest absolute Gasteiger partial charge is 0.481 e. The van der Waals surface area contributed by atoms with Crippen LogP contribution in [0.15, 0.2) is 105 Å². The molecule has 87 heavy (non-hydrogen) atoms. The number of rotatable bonds is 11. The Morgan fingerprint density at radius 1 is 0.483 bits per heavy atom. The average Bonchev–Trinajstić information content (AvgIpc) is 1.26. The number of fused-ring (bicyclic) bond motifs is 1. The van der Waals surface area contributed by atoms with Crippen molar-refractivity contribution in [1.29, 1.82) is 0 Å². The molecule has 8 nitrogen and oxygen atoms in total. The van der Waals surface area contributed by atoms with Crippen LogP contribution in [-0.2, 0) is 67.4 Å². The highest BCUT2D eigenvalue weighted by atomic mass is 32.2. The third-order valence-electron chi connectivity index (χ3n) is 21.0. The fraction of sp³-hybridized carbons (Fsp3) is 0.581. The van der Waals surface area contributed by atoms with Crippen LogP contribution in [0.1, 0.15) is 144 Å². The van der Waals surface area contributed by atoms with Gasteiger partial charge in [-0.1, -0.05) is 18.2 Å². The number of benzene rings is 5. The molecular formula is C74H95FO8S4+4. The van der Waals surface area contributed by atoms with Crippen molar-refractivity contribution in [2.75, 3.05) is 73.0 Å². The van der Waals surface area contributed by atoms with Crippen LogP contribution >= 0.6 is 0 Å². The normalized spacial score (nSPS) is 28.2. The summed E-state index contributed by atoms with van der Waals surface area (Å²) < 4.78 is 40.5. The lowest BCUT2D eigenvalue weighted by molar-refractivity contribution is -0.162. The molecule has 12 fully saturated rings. The molecule has 0 amide bonds. The third kappa shape index (κ3) is 14.6. The number of carbonyl (C=O) groups excluding carboxylic acids is 3. The fourth-order valence-corrected chi connectivity index (χ4v) is 26.9. The predicted octanol–water partition coefficient (Wildman–Crippen LogP) is 15.8. The summed E-state index contributed by atoms with van der Waals surface area (Å²) in [5.74, 6) is 16.9. The molecule has 17 rings (SSSR count). The molecule has 0 unspecified atom stereocenters. The van der Waals surface area contributed by atoms with E-state index < -0.39 is 0 Å². The second-order valence-corrected chi connectivity index (χ2v) is 36.6. The van der Waals surface area contributed by atoms with E-state index in [0.717, 1.165) is 144 Å². The molecule has 0 aromatic heterocycles. The molecule has 5 aromatic rings. The first kappa shape index (κ1) is 63.0. The van der Waals surface area contributed by atoms with Crippen LogP contribution in [0, 0.1) is 79.8 Å². The molecule has 12 aliphatic rings. The molecular weight excluding hydrogens is 1160 g/mol. The van der Waals surface area contributed by atoms with Crippen LogP contribution in [0.3, 0.4) is 0 Å². The quantitative estimate of drug-likeness (QED) is 0.0733. The number of methoxy groups -OCH3 is 1. The number of carbonyl (C=O) groups is 3. The zero-order valence-electron chi connectivity index (χ0n) is 52.5. The molecule has 0 N–H and O–H groups in total. The van der Waals surface area contributed by atoms with Gasteiger partial charge in [-0.05, 0) is 274 Å². The summed E-state index contributed by atoms with van der Waals surface area (Å²) in [6, 6.07) is 28.5. The van der Waals surface area contributed by atoms with Crippen LogP contribution in [-0.4, -0.2) is 90.9 Å². The van der Waals surface area contributed by atoms with E-state index >= 15 is 0 Å². The number of hydrogen-bond donors (Lipinski definition) is 0. The summed E-state index contributed by atoms with van der Waals surface area (Å²) in [5, 5.41) is 2.34. The SMILES string of the molecule is COC(=O)COc1ccc([S+]2CCCC2)c2ccccc12.Cc1cc([S+]2CCCC2)cc(C)c1OC(=O)C12CC3CC(CC(C3)C1)C2.Cc1cc([S+]2CCCCC2)cc(C)c1OC(=O)C12CC3CC(CC(C3)C1)C2.Fc1ccc([S+]2CCOCC2)cc1. The number of hydrogen-bond acceptors (Lipinski definition) is 8. The van der Waals surface area contributed by atoms with E-state index in [9.17, 15) is 18.8 Å². The van der Waals surface area contributed by atoms with Crippen molar-refractivity contribution < 1.29 is 42.5 Å². The highest BCUT2D eigenvalue weighted by Gasteiger charge is 2.57. The highest BCUT2D eigenvalue weighted by molar-refractivity contribution is 7.98. The second kappa shape index (κ2) is 28.2. The number of aryl methyl sites for hydroxylation is 4. The first-order chi connectivity index (χ1) is 42.2. The maximum absolute atomic E-state index is 13.3. The Kier molecular flexibility index (Phi) is 20.4. The van der Waals surface area contributed by atoms with Crippen molar-refractivity contribution in [1.82, 2.24) is 0 Å². The molecule has 0 radical (unpaired) electrons. The monoisotopic (exact) mass is 1260 g/mol. The summed E-state index contributed by atoms with van der Waals surface area (Å²) >= 11 is 0. The van der Waals surface area contributed by atoms with Gasteiger partial charge in [0.25, 0.3) is 0 Å². The third-order valence-corrected chi connectivity index (χ3v) is 30.8. The van der Waals surface area contributed by atoms with E-state index in [2.05, 4.69) is 81.0 Å². The average molecular weight is 1260 g/mol. The Labute approximate surface area is 530 Å². The van der Waals surface area contributed by atoms with Gasteiger partial charge in [0.1, 0.15) is 69.1 Å². The first-order valence-corrected chi connectivity index (χ1v) is 39.4. The summed E-state index contributed by atoms with van der Waals surface area (Å²) in [6.45, 7) is 10.2. The number of esters is 3. The van der Waals surface area contributed by atoms with E-state index in [1.807, 2.05) is 24.3 Å². The molecule has 5 aromatic carbocycles. The minimum absolute atomic E-state index is 0.0500. The van der Waals surface area contributed by atoms with Gasteiger partial charge in [-0.15, -0.1) is 0 Å². The predicted molar refractivity (Wildman–Crippen MR) is 357 cm³/mol. The molecule has 13 heteroatoms. The molecule has 4 saturated heterocycles. The number of ether oxygens (including phenoxy) is 5. The van der Waals surface area contributed by atoms with Gasteiger partial charge in [0.2, 0.25) is 0 Å². The van der Waals surface area contributed by atoms with Crippen molar-refractivity contribution in [3.63, 3.8) is 0 Å². The van der Waals surface area contributed by atoms with Crippen LogP contribution in [0.25, 0.3) is 10.8 Å². The van der Waals surface area contributed by atoms with Crippen molar-refractivity contribution in [3.8, 4) is 17.2 Å². The highest BCUT2D eigenvalue weighted by Crippen LogP contribution is 2.62. The van der Waals surface area contributed by atoms with Gasteiger partial charge in [-0.2, -0.15) is 0 Å². The Morgan fingerprint density at radius 3 is 1.30 bits per heavy atom. The maximum atomic E-state index is 13.3. The van der Waals surface area contributed by atoms with E-state index in [0.29, 0.717) is 43.6 Å². The minimum atomic E-state index is -0.360. The number of halogens is 1. The Bertz CT molecular complexity index is 3110. The zero-order chi connectivity index (χ0) is 60.2. The van der Waals surface area contributed by atoms with Gasteiger partial charge < -0.3 is 23.7 Å². The van der Waals surface area contributed by atoms with Crippen molar-refractivity contribution in [2.24, 2.45) is 46.3 Å². The van der Waals surface area contributed by atoms with Gasteiger partial charge in [-0.25, -0.2) is 9.18 Å². The Balaban J connectivity index is 0.000000117. The van der Waals surface area contributed by atoms with Crippen molar-refractivity contribution in [3.05, 3.63) is 113 Å². The Morgan fingerprint density at radius 2 is 0.874 bits per heavy atom. The zero-order valence-corrected chi connectivity index (χ0v) is 55.8. The lowest BCUT2D eigenvalue weighted by Crippen LogP contribution is -2.51. The molecule has 4 aliphatic heterocycles. The molecule has 8 saturated carbocycles. The smallest absolute Gasteiger partial charge is 0.343 e. The van der Waals surface area contributed by atoms with Crippen LogP contribution in [0.2, 0.25) is 0 Å². The van der Waals surface area contributed by atoms with E-state index in [4.69, 9.17) is 18.9 Å².